The van der Waals surface area contributed by atoms with E-state index in [0.29, 0.717) is 18.9 Å². The summed E-state index contributed by atoms with van der Waals surface area (Å²) < 4.78 is 0. The van der Waals surface area contributed by atoms with E-state index in [1.165, 1.54) is 0 Å². The van der Waals surface area contributed by atoms with Gasteiger partial charge in [-0.2, -0.15) is 0 Å². The van der Waals surface area contributed by atoms with Crippen LogP contribution in [0.4, 0.5) is 0 Å². The Hall–Kier alpha value is -0.570. The van der Waals surface area contributed by atoms with Gasteiger partial charge < -0.3 is 10.6 Å². The van der Waals surface area contributed by atoms with E-state index in [2.05, 4.69) is 20.8 Å². The largest absolute Gasteiger partial charge is 0.343 e. The molecule has 90 valence electrons. The minimum Gasteiger partial charge on any atom is -0.343 e. The highest BCUT2D eigenvalue weighted by Gasteiger charge is 2.15. The summed E-state index contributed by atoms with van der Waals surface area (Å²) in [4.78, 5) is 13.9. The van der Waals surface area contributed by atoms with Crippen LogP contribution in [0, 0.1) is 5.92 Å². The molecule has 1 amide bonds. The molecule has 0 radical (unpaired) electrons. The van der Waals surface area contributed by atoms with Gasteiger partial charge in [-0.3, -0.25) is 4.79 Å². The molecule has 15 heavy (non-hydrogen) atoms. The molecule has 0 aliphatic carbocycles. The third kappa shape index (κ3) is 5.78. The number of hydrogen-bond acceptors (Lipinski definition) is 2. The fourth-order valence-electron chi connectivity index (χ4n) is 1.67. The monoisotopic (exact) mass is 214 g/mol. The van der Waals surface area contributed by atoms with Crippen LogP contribution in [0.5, 0.6) is 0 Å². The third-order valence-electron chi connectivity index (χ3n) is 2.71. The van der Waals surface area contributed by atoms with Crippen molar-refractivity contribution in [3.63, 3.8) is 0 Å². The predicted molar refractivity (Wildman–Crippen MR) is 64.6 cm³/mol. The molecule has 0 heterocycles. The highest BCUT2D eigenvalue weighted by atomic mass is 16.2. The molecular weight excluding hydrogens is 188 g/mol. The zero-order valence-corrected chi connectivity index (χ0v) is 10.5. The first-order chi connectivity index (χ1) is 7.19. The summed E-state index contributed by atoms with van der Waals surface area (Å²) in [5.74, 6) is 0.629. The molecule has 0 aromatic heterocycles. The number of nitrogens with two attached hydrogens (primary N) is 1. The predicted octanol–water partition coefficient (Wildman–Crippen LogP) is 2.01. The normalized spacial score (nSPS) is 12.5. The van der Waals surface area contributed by atoms with Crippen LogP contribution in [0.3, 0.4) is 0 Å². The van der Waals surface area contributed by atoms with Gasteiger partial charge in [0, 0.05) is 19.5 Å². The summed E-state index contributed by atoms with van der Waals surface area (Å²) in [5, 5.41) is 0. The Kier molecular flexibility index (Phi) is 8.38. The van der Waals surface area contributed by atoms with E-state index in [1.54, 1.807) is 0 Å². The van der Waals surface area contributed by atoms with Crippen LogP contribution < -0.4 is 5.73 Å². The van der Waals surface area contributed by atoms with Gasteiger partial charge in [0.15, 0.2) is 0 Å². The Morgan fingerprint density at radius 1 is 1.20 bits per heavy atom. The smallest absolute Gasteiger partial charge is 0.222 e. The maximum atomic E-state index is 11.9. The van der Waals surface area contributed by atoms with Crippen molar-refractivity contribution in [3.8, 4) is 0 Å². The maximum Gasteiger partial charge on any atom is 0.222 e. The lowest BCUT2D eigenvalue weighted by Crippen LogP contribution is -2.34. The molecule has 0 saturated heterocycles. The van der Waals surface area contributed by atoms with Gasteiger partial charge in [-0.05, 0) is 25.3 Å². The van der Waals surface area contributed by atoms with E-state index in [4.69, 9.17) is 5.73 Å². The van der Waals surface area contributed by atoms with Crippen molar-refractivity contribution >= 4 is 5.91 Å². The first-order valence-electron chi connectivity index (χ1n) is 6.17. The number of amides is 1. The minimum atomic E-state index is 0.274. The Bertz CT molecular complexity index is 161. The van der Waals surface area contributed by atoms with Crippen molar-refractivity contribution in [2.24, 2.45) is 11.7 Å². The van der Waals surface area contributed by atoms with Crippen molar-refractivity contribution in [2.75, 3.05) is 19.6 Å². The molecule has 0 aromatic rings. The van der Waals surface area contributed by atoms with Crippen LogP contribution >= 0.6 is 0 Å². The molecule has 1 atom stereocenters. The first kappa shape index (κ1) is 14.4. The number of carbonyl (C=O) groups excluding carboxylic acids is 1. The molecular formula is C12H26N2O. The van der Waals surface area contributed by atoms with E-state index in [1.807, 2.05) is 4.90 Å². The van der Waals surface area contributed by atoms with Crippen LogP contribution in [-0.4, -0.2) is 30.4 Å². The molecule has 3 heteroatoms. The van der Waals surface area contributed by atoms with E-state index in [9.17, 15) is 4.79 Å². The summed E-state index contributed by atoms with van der Waals surface area (Å²) in [7, 11) is 0. The second kappa shape index (κ2) is 8.72. The van der Waals surface area contributed by atoms with Gasteiger partial charge in [-0.15, -0.1) is 0 Å². The minimum absolute atomic E-state index is 0.274. The zero-order chi connectivity index (χ0) is 11.7. The second-order valence-electron chi connectivity index (χ2n) is 4.09. The van der Waals surface area contributed by atoms with Crippen LogP contribution in [0.2, 0.25) is 0 Å². The van der Waals surface area contributed by atoms with E-state index in [-0.39, 0.29) is 5.91 Å². The Balaban J connectivity index is 4.10. The third-order valence-corrected chi connectivity index (χ3v) is 2.71. The Labute approximate surface area is 94.0 Å². The van der Waals surface area contributed by atoms with Gasteiger partial charge in [-0.25, -0.2) is 0 Å². The van der Waals surface area contributed by atoms with Crippen molar-refractivity contribution in [3.05, 3.63) is 0 Å². The molecule has 2 N–H and O–H groups in total. The number of hydrogen-bond donors (Lipinski definition) is 1. The van der Waals surface area contributed by atoms with Crippen molar-refractivity contribution < 1.29 is 4.79 Å². The van der Waals surface area contributed by atoms with Gasteiger partial charge in [0.2, 0.25) is 5.91 Å². The van der Waals surface area contributed by atoms with Gasteiger partial charge in [0.25, 0.3) is 0 Å². The summed E-state index contributed by atoms with van der Waals surface area (Å²) >= 11 is 0. The molecule has 0 rings (SSSR count). The standard InChI is InChI=1S/C12H26N2O/c1-4-7-14(8-5-2)12(15)9-11(6-3)10-13/h11H,4-10,13H2,1-3H3. The molecule has 0 spiro atoms. The van der Waals surface area contributed by atoms with Crippen LogP contribution in [0.1, 0.15) is 46.5 Å². The summed E-state index contributed by atoms with van der Waals surface area (Å²) in [6, 6.07) is 0. The Morgan fingerprint density at radius 3 is 2.07 bits per heavy atom. The lowest BCUT2D eigenvalue weighted by atomic mass is 10.0. The van der Waals surface area contributed by atoms with E-state index in [0.717, 1.165) is 32.4 Å². The first-order valence-corrected chi connectivity index (χ1v) is 6.17. The number of carbonyl (C=O) groups is 1. The number of nitrogens with zero attached hydrogens (tertiary/aromatic N) is 1. The maximum absolute atomic E-state index is 11.9. The van der Waals surface area contributed by atoms with E-state index >= 15 is 0 Å². The van der Waals surface area contributed by atoms with Gasteiger partial charge in [0.1, 0.15) is 0 Å². The zero-order valence-electron chi connectivity index (χ0n) is 10.5. The topological polar surface area (TPSA) is 46.3 Å². The van der Waals surface area contributed by atoms with Crippen LogP contribution in [0.25, 0.3) is 0 Å². The molecule has 0 aliphatic rings. The van der Waals surface area contributed by atoms with Crippen LogP contribution in [-0.2, 0) is 4.79 Å². The summed E-state index contributed by atoms with van der Waals surface area (Å²) in [5.41, 5.74) is 5.61. The lowest BCUT2D eigenvalue weighted by molar-refractivity contribution is -0.132. The molecule has 0 bridgehead atoms. The van der Waals surface area contributed by atoms with Gasteiger partial charge in [0.05, 0.1) is 0 Å². The quantitative estimate of drug-likeness (QED) is 0.672. The van der Waals surface area contributed by atoms with E-state index < -0.39 is 0 Å². The molecule has 0 fully saturated rings. The van der Waals surface area contributed by atoms with Crippen LogP contribution in [0.15, 0.2) is 0 Å². The molecule has 0 aromatic carbocycles. The molecule has 0 aliphatic heterocycles. The molecule has 1 unspecified atom stereocenters. The molecule has 3 nitrogen and oxygen atoms in total. The van der Waals surface area contributed by atoms with Gasteiger partial charge in [-0.1, -0.05) is 27.2 Å². The van der Waals surface area contributed by atoms with Gasteiger partial charge >= 0.3 is 0 Å². The van der Waals surface area contributed by atoms with Crippen molar-refractivity contribution in [1.82, 2.24) is 4.90 Å². The van der Waals surface area contributed by atoms with Crippen molar-refractivity contribution in [1.29, 1.82) is 0 Å². The lowest BCUT2D eigenvalue weighted by Gasteiger charge is -2.23. The number of rotatable bonds is 8. The SMILES string of the molecule is CCCN(CCC)C(=O)CC(CC)CN. The molecule has 0 saturated carbocycles. The average Bonchev–Trinajstić information content (AvgIpc) is 2.25. The second-order valence-corrected chi connectivity index (χ2v) is 4.09. The Morgan fingerprint density at radius 2 is 1.73 bits per heavy atom. The van der Waals surface area contributed by atoms with Crippen molar-refractivity contribution in [2.45, 2.75) is 46.5 Å². The fraction of sp³-hybridized carbons (Fsp3) is 0.917. The highest BCUT2D eigenvalue weighted by molar-refractivity contribution is 5.76. The summed E-state index contributed by atoms with van der Waals surface area (Å²) in [6.07, 6.45) is 3.68. The average molecular weight is 214 g/mol. The highest BCUT2D eigenvalue weighted by Crippen LogP contribution is 2.09. The fourth-order valence-corrected chi connectivity index (χ4v) is 1.67. The summed E-state index contributed by atoms with van der Waals surface area (Å²) in [6.45, 7) is 8.69.